The predicted molar refractivity (Wildman–Crippen MR) is 127 cm³/mol. The number of nitrogens with one attached hydrogen (secondary N) is 1. The van der Waals surface area contributed by atoms with Gasteiger partial charge in [0, 0.05) is 43.6 Å². The van der Waals surface area contributed by atoms with Gasteiger partial charge in [-0.2, -0.15) is 5.26 Å². The van der Waals surface area contributed by atoms with Crippen molar-refractivity contribution >= 4 is 11.7 Å². The lowest BCUT2D eigenvalue weighted by Gasteiger charge is -2.44. The van der Waals surface area contributed by atoms with E-state index in [1.54, 1.807) is 0 Å². The number of amides is 1. The maximum absolute atomic E-state index is 13.0. The van der Waals surface area contributed by atoms with Crippen LogP contribution in [0.2, 0.25) is 0 Å². The van der Waals surface area contributed by atoms with Gasteiger partial charge in [-0.25, -0.2) is 4.98 Å². The highest BCUT2D eigenvalue weighted by atomic mass is 16.5. The lowest BCUT2D eigenvalue weighted by Crippen LogP contribution is -2.59. The number of rotatable bonds is 6. The Morgan fingerprint density at radius 2 is 2.00 bits per heavy atom. The Labute approximate surface area is 197 Å². The second-order valence-electron chi connectivity index (χ2n) is 11.3. The number of carbonyl (C=O) groups is 1. The van der Waals surface area contributed by atoms with E-state index in [-0.39, 0.29) is 17.6 Å². The lowest BCUT2D eigenvalue weighted by atomic mass is 9.87. The summed E-state index contributed by atoms with van der Waals surface area (Å²) in [6.45, 7) is 11.6. The first-order chi connectivity index (χ1) is 15.8. The van der Waals surface area contributed by atoms with Crippen molar-refractivity contribution in [3.63, 3.8) is 0 Å². The molecule has 2 aliphatic heterocycles. The number of carbonyl (C=O) groups excluding carboxylic acids is 1. The van der Waals surface area contributed by atoms with Crippen molar-refractivity contribution in [3.8, 4) is 6.07 Å². The molecule has 3 fully saturated rings. The summed E-state index contributed by atoms with van der Waals surface area (Å²) in [6, 6.07) is 3.15. The molecule has 1 N–H and O–H groups in total. The van der Waals surface area contributed by atoms with Crippen LogP contribution in [0.4, 0.5) is 5.82 Å². The first-order valence-electron chi connectivity index (χ1n) is 12.6. The molecular formula is C26H37N5O2. The highest BCUT2D eigenvalue weighted by Crippen LogP contribution is 2.46. The molecule has 1 aromatic rings. The Hall–Kier alpha value is -2.17. The zero-order valence-electron chi connectivity index (χ0n) is 20.5. The number of aromatic nitrogens is 1. The average molecular weight is 452 g/mol. The van der Waals surface area contributed by atoms with Crippen LogP contribution in [-0.4, -0.2) is 59.7 Å². The van der Waals surface area contributed by atoms with Gasteiger partial charge in [-0.3, -0.25) is 4.79 Å². The van der Waals surface area contributed by atoms with Crippen LogP contribution in [0.25, 0.3) is 0 Å². The predicted octanol–water partition coefficient (Wildman–Crippen LogP) is 3.11. The van der Waals surface area contributed by atoms with Crippen LogP contribution >= 0.6 is 0 Å². The van der Waals surface area contributed by atoms with Gasteiger partial charge in [-0.15, -0.1) is 0 Å². The van der Waals surface area contributed by atoms with Crippen LogP contribution in [0.3, 0.4) is 0 Å². The van der Waals surface area contributed by atoms with Crippen molar-refractivity contribution < 1.29 is 9.53 Å². The number of fused-ring (bicyclic) bond motifs is 1. The molecule has 3 heterocycles. The number of piperazine rings is 1. The largest absolute Gasteiger partial charge is 0.370 e. The molecule has 0 spiro atoms. The van der Waals surface area contributed by atoms with Crippen LogP contribution in [0.15, 0.2) is 0 Å². The van der Waals surface area contributed by atoms with Gasteiger partial charge in [-0.05, 0) is 51.0 Å². The minimum atomic E-state index is -0.280. The number of nitriles is 1. The Morgan fingerprint density at radius 3 is 2.64 bits per heavy atom. The molecule has 4 aliphatic rings. The van der Waals surface area contributed by atoms with Crippen molar-refractivity contribution in [2.75, 3.05) is 31.1 Å². The van der Waals surface area contributed by atoms with E-state index in [2.05, 4.69) is 48.9 Å². The van der Waals surface area contributed by atoms with Gasteiger partial charge in [-0.1, -0.05) is 13.8 Å². The summed E-state index contributed by atoms with van der Waals surface area (Å²) in [6.07, 6.45) is 5.43. The molecule has 178 valence electrons. The maximum atomic E-state index is 13.0. The minimum Gasteiger partial charge on any atom is -0.370 e. The Kier molecular flexibility index (Phi) is 5.86. The molecule has 1 atom stereocenters. The van der Waals surface area contributed by atoms with E-state index in [9.17, 15) is 10.1 Å². The third-order valence-electron chi connectivity index (χ3n) is 7.64. The topological polar surface area (TPSA) is 81.5 Å². The number of anilines is 1. The molecule has 1 aromatic heterocycles. The molecule has 5 rings (SSSR count). The zero-order chi connectivity index (χ0) is 23.3. The molecule has 33 heavy (non-hydrogen) atoms. The van der Waals surface area contributed by atoms with E-state index in [0.29, 0.717) is 49.7 Å². The van der Waals surface area contributed by atoms with Crippen molar-refractivity contribution in [2.24, 2.45) is 5.92 Å². The molecule has 2 aliphatic carbocycles. The first kappa shape index (κ1) is 22.6. The molecule has 1 saturated heterocycles. The lowest BCUT2D eigenvalue weighted by molar-refractivity contribution is -0.134. The zero-order valence-corrected chi connectivity index (χ0v) is 20.5. The number of hydrogen-bond donors (Lipinski definition) is 1. The molecule has 7 nitrogen and oxygen atoms in total. The third kappa shape index (κ3) is 4.61. The molecule has 0 bridgehead atoms. The number of nitrogens with zero attached hydrogens (tertiary/aromatic N) is 4. The second kappa shape index (κ2) is 8.56. The van der Waals surface area contributed by atoms with Gasteiger partial charge < -0.3 is 19.9 Å². The van der Waals surface area contributed by atoms with Crippen molar-refractivity contribution in [2.45, 2.75) is 90.0 Å². The fraction of sp³-hybridized carbons (Fsp3) is 0.731. The summed E-state index contributed by atoms with van der Waals surface area (Å²) in [7, 11) is 0. The Bertz CT molecular complexity index is 974. The Morgan fingerprint density at radius 1 is 1.24 bits per heavy atom. The van der Waals surface area contributed by atoms with Gasteiger partial charge in [0.2, 0.25) is 5.91 Å². The molecule has 1 amide bonds. The quantitative estimate of drug-likeness (QED) is 0.716. The molecule has 7 heteroatoms. The Balaban J connectivity index is 1.44. The monoisotopic (exact) mass is 451 g/mol. The normalized spacial score (nSPS) is 24.5. The van der Waals surface area contributed by atoms with E-state index >= 15 is 0 Å². The third-order valence-corrected chi connectivity index (χ3v) is 7.64. The SMILES string of the molecule is CC(C)C1CN(c2nc(C3CC3)c3c(c2C#N)CC(C)(C)OC3)CCN1C(=O)CNC1CC1. The van der Waals surface area contributed by atoms with Crippen molar-refractivity contribution in [1.82, 2.24) is 15.2 Å². The summed E-state index contributed by atoms with van der Waals surface area (Å²) in [4.78, 5) is 22.4. The van der Waals surface area contributed by atoms with Crippen molar-refractivity contribution in [1.29, 1.82) is 5.26 Å². The van der Waals surface area contributed by atoms with Gasteiger partial charge in [0.1, 0.15) is 11.9 Å². The van der Waals surface area contributed by atoms with Crippen LogP contribution in [0.5, 0.6) is 0 Å². The van der Waals surface area contributed by atoms with Gasteiger partial charge in [0.25, 0.3) is 0 Å². The van der Waals surface area contributed by atoms with E-state index in [1.165, 1.54) is 25.7 Å². The summed E-state index contributed by atoms with van der Waals surface area (Å²) in [5.74, 6) is 1.84. The summed E-state index contributed by atoms with van der Waals surface area (Å²) < 4.78 is 6.12. The maximum Gasteiger partial charge on any atom is 0.236 e. The van der Waals surface area contributed by atoms with Crippen LogP contribution in [0, 0.1) is 17.2 Å². The summed E-state index contributed by atoms with van der Waals surface area (Å²) in [5, 5.41) is 13.6. The molecule has 1 unspecified atom stereocenters. The smallest absolute Gasteiger partial charge is 0.236 e. The number of pyridine rings is 1. The van der Waals surface area contributed by atoms with Crippen LogP contribution < -0.4 is 10.2 Å². The molecule has 2 saturated carbocycles. The van der Waals surface area contributed by atoms with Crippen molar-refractivity contribution in [3.05, 3.63) is 22.4 Å². The number of ether oxygens (including phenoxy) is 1. The standard InChI is InChI=1S/C26H37N5O2/c1-16(2)22-14-30(9-10-31(22)23(32)13-28-18-7-8-18)25-20(12-27)19-11-26(3,4)33-15-21(19)24(29-25)17-5-6-17/h16-18,22,28H,5-11,13-15H2,1-4H3. The van der Waals surface area contributed by atoms with Crippen LogP contribution in [0.1, 0.15) is 81.7 Å². The minimum absolute atomic E-state index is 0.112. The fourth-order valence-electron chi connectivity index (χ4n) is 5.32. The highest BCUT2D eigenvalue weighted by Gasteiger charge is 2.39. The molecule has 0 radical (unpaired) electrons. The van der Waals surface area contributed by atoms with Gasteiger partial charge in [0.05, 0.1) is 36.1 Å². The summed E-state index contributed by atoms with van der Waals surface area (Å²) in [5.41, 5.74) is 3.86. The first-order valence-corrected chi connectivity index (χ1v) is 12.6. The van der Waals surface area contributed by atoms with E-state index in [1.807, 2.05) is 0 Å². The van der Waals surface area contributed by atoms with E-state index in [0.717, 1.165) is 35.6 Å². The van der Waals surface area contributed by atoms with Crippen LogP contribution in [-0.2, 0) is 22.6 Å². The van der Waals surface area contributed by atoms with E-state index < -0.39 is 0 Å². The van der Waals surface area contributed by atoms with Gasteiger partial charge in [0.15, 0.2) is 0 Å². The molecule has 0 aromatic carbocycles. The molecular weight excluding hydrogens is 414 g/mol. The number of hydrogen-bond acceptors (Lipinski definition) is 6. The summed E-state index contributed by atoms with van der Waals surface area (Å²) >= 11 is 0. The van der Waals surface area contributed by atoms with E-state index in [4.69, 9.17) is 9.72 Å². The second-order valence-corrected chi connectivity index (χ2v) is 11.3. The van der Waals surface area contributed by atoms with Gasteiger partial charge >= 0.3 is 0 Å². The highest BCUT2D eigenvalue weighted by molar-refractivity contribution is 5.79. The average Bonchev–Trinajstić information content (AvgIpc) is 3.69. The fourth-order valence-corrected chi connectivity index (χ4v) is 5.32.